The highest BCUT2D eigenvalue weighted by Gasteiger charge is 2.29. The Morgan fingerprint density at radius 2 is 1.68 bits per heavy atom. The Labute approximate surface area is 181 Å². The van der Waals surface area contributed by atoms with Crippen molar-refractivity contribution in [2.45, 2.75) is 11.3 Å². The normalized spacial score (nSPS) is 19.0. The molecule has 1 unspecified atom stereocenters. The molecule has 4 rings (SSSR count). The second-order valence-corrected chi connectivity index (χ2v) is 8.42. The van der Waals surface area contributed by atoms with Crippen LogP contribution in [0.5, 0.6) is 0 Å². The summed E-state index contributed by atoms with van der Waals surface area (Å²) in [5.41, 5.74) is 3.45. The number of nitrogens with zero attached hydrogens (tertiary/aromatic N) is 3. The van der Waals surface area contributed by atoms with E-state index in [4.69, 9.17) is 0 Å². The second kappa shape index (κ2) is 10.0. The van der Waals surface area contributed by atoms with Crippen LogP contribution in [0.4, 0.5) is 15.8 Å². The van der Waals surface area contributed by atoms with Crippen molar-refractivity contribution in [2.24, 2.45) is 0 Å². The molecule has 28 heavy (non-hydrogen) atoms. The number of rotatable bonds is 4. The van der Waals surface area contributed by atoms with E-state index in [1.54, 1.807) is 0 Å². The van der Waals surface area contributed by atoms with Gasteiger partial charge in [0.15, 0.2) is 10.8 Å². The molecule has 0 bridgehead atoms. The van der Waals surface area contributed by atoms with E-state index in [0.29, 0.717) is 5.88 Å². The van der Waals surface area contributed by atoms with E-state index in [-0.39, 0.29) is 30.6 Å². The molecule has 1 fully saturated rings. The van der Waals surface area contributed by atoms with Crippen molar-refractivity contribution in [1.82, 2.24) is 4.90 Å². The number of benzene rings is 2. The standard InChI is InChI=1S/C20H24FN3OS.2ClH/c1-22-15-26(25)20-14-16(2-7-19(20)22)8-9-23-10-12-24(13-11-23)18-5-3-17(21)4-6-18;;/h2-7,14H,8-13,15H2,1H3;2*1H. The second-order valence-electron chi connectivity index (χ2n) is 7.03. The van der Waals surface area contributed by atoms with Crippen LogP contribution in [0.1, 0.15) is 5.56 Å². The van der Waals surface area contributed by atoms with Gasteiger partial charge in [0, 0.05) is 56.6 Å². The Hall–Kier alpha value is -1.18. The summed E-state index contributed by atoms with van der Waals surface area (Å²) in [7, 11) is 1.99. The van der Waals surface area contributed by atoms with Crippen LogP contribution in [0.15, 0.2) is 47.4 Å². The molecule has 0 aliphatic carbocycles. The molecule has 2 aromatic carbocycles. The van der Waals surface area contributed by atoms with E-state index in [1.165, 1.54) is 17.7 Å². The lowest BCUT2D eigenvalue weighted by molar-refractivity contribution is 0.261. The fourth-order valence-corrected chi connectivity index (χ4v) is 5.07. The molecule has 2 aliphatic rings. The molecule has 0 radical (unpaired) electrons. The molecule has 4 nitrogen and oxygen atoms in total. The molecule has 8 heteroatoms. The Morgan fingerprint density at radius 1 is 1.00 bits per heavy atom. The van der Waals surface area contributed by atoms with Crippen LogP contribution in [-0.2, 0) is 17.6 Å². The Bertz CT molecular complexity index is 773. The minimum absolute atomic E-state index is 0. The highest BCUT2D eigenvalue weighted by atomic mass is 35.5. The fourth-order valence-electron chi connectivity index (χ4n) is 3.70. The van der Waals surface area contributed by atoms with Crippen molar-refractivity contribution in [3.05, 3.63) is 53.8 Å². The SMILES string of the molecule is CN1C[S+]([O-])c2cc(CCN3CCN(c4ccc(F)cc4)CC3)ccc21.Cl.Cl. The molecular weight excluding hydrogens is 420 g/mol. The summed E-state index contributed by atoms with van der Waals surface area (Å²) in [6, 6.07) is 13.1. The Morgan fingerprint density at radius 3 is 2.36 bits per heavy atom. The van der Waals surface area contributed by atoms with Gasteiger partial charge >= 0.3 is 0 Å². The Balaban J connectivity index is 0.00000140. The molecule has 1 saturated heterocycles. The lowest BCUT2D eigenvalue weighted by Gasteiger charge is -2.36. The average Bonchev–Trinajstić information content (AvgIpc) is 2.95. The van der Waals surface area contributed by atoms with Crippen molar-refractivity contribution in [1.29, 1.82) is 0 Å². The highest BCUT2D eigenvalue weighted by Crippen LogP contribution is 2.33. The van der Waals surface area contributed by atoms with E-state index in [2.05, 4.69) is 32.9 Å². The first-order valence-corrected chi connectivity index (χ1v) is 10.4. The molecule has 0 spiro atoms. The lowest BCUT2D eigenvalue weighted by Crippen LogP contribution is -2.47. The molecule has 0 amide bonds. The fraction of sp³-hybridized carbons (Fsp3) is 0.400. The molecule has 0 N–H and O–H groups in total. The zero-order chi connectivity index (χ0) is 18.1. The van der Waals surface area contributed by atoms with Crippen LogP contribution in [0.25, 0.3) is 0 Å². The summed E-state index contributed by atoms with van der Waals surface area (Å²) in [5, 5.41) is 0. The summed E-state index contributed by atoms with van der Waals surface area (Å²) < 4.78 is 25.2. The molecule has 2 aliphatic heterocycles. The number of piperazine rings is 1. The first-order chi connectivity index (χ1) is 12.6. The maximum atomic E-state index is 13.1. The highest BCUT2D eigenvalue weighted by molar-refractivity contribution is 7.92. The molecule has 0 saturated carbocycles. The van der Waals surface area contributed by atoms with Gasteiger partial charge in [-0.3, -0.25) is 4.90 Å². The quantitative estimate of drug-likeness (QED) is 0.673. The van der Waals surface area contributed by atoms with Crippen LogP contribution in [-0.4, -0.2) is 55.1 Å². The maximum absolute atomic E-state index is 13.1. The van der Waals surface area contributed by atoms with Gasteiger partial charge in [0.2, 0.25) is 0 Å². The molecular formula is C20H26Cl2FN3OS. The van der Waals surface area contributed by atoms with Gasteiger partial charge in [-0.2, -0.15) is 0 Å². The third kappa shape index (κ3) is 5.05. The lowest BCUT2D eigenvalue weighted by atomic mass is 10.1. The number of fused-ring (bicyclic) bond motifs is 1. The van der Waals surface area contributed by atoms with Gasteiger partial charge in [0.25, 0.3) is 0 Å². The van der Waals surface area contributed by atoms with E-state index in [9.17, 15) is 8.94 Å². The zero-order valence-electron chi connectivity index (χ0n) is 15.8. The van der Waals surface area contributed by atoms with Gasteiger partial charge in [-0.15, -0.1) is 24.8 Å². The largest absolute Gasteiger partial charge is 0.610 e. The van der Waals surface area contributed by atoms with Gasteiger partial charge < -0.3 is 14.4 Å². The van der Waals surface area contributed by atoms with Crippen molar-refractivity contribution < 1.29 is 8.94 Å². The van der Waals surface area contributed by atoms with Gasteiger partial charge in [-0.25, -0.2) is 4.39 Å². The van der Waals surface area contributed by atoms with Crippen molar-refractivity contribution in [3.63, 3.8) is 0 Å². The molecule has 1 atom stereocenters. The predicted molar refractivity (Wildman–Crippen MR) is 119 cm³/mol. The van der Waals surface area contributed by atoms with Crippen LogP contribution >= 0.6 is 24.8 Å². The zero-order valence-corrected chi connectivity index (χ0v) is 18.3. The molecule has 0 aromatic heterocycles. The molecule has 2 aromatic rings. The van der Waals surface area contributed by atoms with Crippen LogP contribution < -0.4 is 9.80 Å². The monoisotopic (exact) mass is 445 g/mol. The van der Waals surface area contributed by atoms with Crippen molar-refractivity contribution in [2.75, 3.05) is 55.4 Å². The third-order valence-electron chi connectivity index (χ3n) is 5.27. The topological polar surface area (TPSA) is 32.8 Å². The first kappa shape index (κ1) is 23.1. The molecule has 154 valence electrons. The predicted octanol–water partition coefficient (Wildman–Crippen LogP) is 3.55. The summed E-state index contributed by atoms with van der Waals surface area (Å²) in [4.78, 5) is 7.82. The van der Waals surface area contributed by atoms with Crippen molar-refractivity contribution >= 4 is 47.4 Å². The van der Waals surface area contributed by atoms with Gasteiger partial charge in [0.1, 0.15) is 5.82 Å². The minimum atomic E-state index is -0.895. The van der Waals surface area contributed by atoms with E-state index in [0.717, 1.165) is 55.4 Å². The molecule has 2 heterocycles. The van der Waals surface area contributed by atoms with Gasteiger partial charge in [-0.1, -0.05) is 6.07 Å². The maximum Gasteiger partial charge on any atom is 0.183 e. The summed E-state index contributed by atoms with van der Waals surface area (Å²) in [5.74, 6) is 0.415. The third-order valence-corrected chi connectivity index (χ3v) is 6.71. The first-order valence-electron chi connectivity index (χ1n) is 9.05. The summed E-state index contributed by atoms with van der Waals surface area (Å²) in [6.07, 6.45) is 0.977. The number of halogens is 3. The van der Waals surface area contributed by atoms with E-state index in [1.807, 2.05) is 19.2 Å². The van der Waals surface area contributed by atoms with Gasteiger partial charge in [-0.05, 0) is 48.4 Å². The van der Waals surface area contributed by atoms with Crippen LogP contribution in [0.3, 0.4) is 0 Å². The van der Waals surface area contributed by atoms with Crippen LogP contribution in [0.2, 0.25) is 0 Å². The summed E-state index contributed by atoms with van der Waals surface area (Å²) >= 11 is -0.895. The van der Waals surface area contributed by atoms with Crippen molar-refractivity contribution in [3.8, 4) is 0 Å². The average molecular weight is 446 g/mol. The van der Waals surface area contributed by atoms with E-state index >= 15 is 0 Å². The van der Waals surface area contributed by atoms with Gasteiger partial charge in [0.05, 0.1) is 5.69 Å². The smallest absolute Gasteiger partial charge is 0.183 e. The Kier molecular flexibility index (Phi) is 8.28. The summed E-state index contributed by atoms with van der Waals surface area (Å²) in [6.45, 7) is 4.96. The number of anilines is 2. The number of hydrogen-bond donors (Lipinski definition) is 0. The minimum Gasteiger partial charge on any atom is -0.610 e. The number of hydrogen-bond acceptors (Lipinski definition) is 4. The van der Waals surface area contributed by atoms with E-state index < -0.39 is 11.2 Å². The van der Waals surface area contributed by atoms with Crippen LogP contribution in [0, 0.1) is 5.82 Å².